The first kappa shape index (κ1) is 40.5. The molecule has 2 aliphatic carbocycles. The van der Waals surface area contributed by atoms with Crippen molar-refractivity contribution in [3.8, 4) is 0 Å². The van der Waals surface area contributed by atoms with Gasteiger partial charge in [0.1, 0.15) is 5.58 Å². The lowest BCUT2D eigenvalue weighted by atomic mass is 9.33. The maximum Gasteiger partial charge on any atom is 0.252 e. The highest BCUT2D eigenvalue weighted by molar-refractivity contribution is 7.00. The van der Waals surface area contributed by atoms with E-state index in [1.807, 2.05) is 0 Å². The Morgan fingerprint density at radius 3 is 1.74 bits per heavy atom. The average Bonchev–Trinajstić information content (AvgIpc) is 3.72. The van der Waals surface area contributed by atoms with Crippen molar-refractivity contribution < 1.29 is 4.42 Å². The number of nitrogens with zero attached hydrogens (tertiary/aromatic N) is 2. The summed E-state index contributed by atoms with van der Waals surface area (Å²) in [6.45, 7) is 31.2. The lowest BCUT2D eigenvalue weighted by molar-refractivity contribution is 0.403. The van der Waals surface area contributed by atoms with E-state index in [0.717, 1.165) is 34.0 Å². The van der Waals surface area contributed by atoms with Crippen LogP contribution in [0.15, 0.2) is 126 Å². The number of hydrogen-bond donors (Lipinski definition) is 0. The molecule has 0 saturated heterocycles. The topological polar surface area (TPSA) is 19.6 Å². The molecule has 0 radical (unpaired) electrons. The summed E-state index contributed by atoms with van der Waals surface area (Å²) < 4.78 is 6.94. The molecule has 0 spiro atoms. The number of rotatable bonds is 2. The second-order valence-corrected chi connectivity index (χ2v) is 23.5. The molecule has 4 heteroatoms. The Kier molecular flexibility index (Phi) is 8.02. The zero-order valence-corrected chi connectivity index (χ0v) is 40.6. The van der Waals surface area contributed by atoms with Crippen molar-refractivity contribution in [1.82, 2.24) is 0 Å². The average molecular weight is 849 g/mol. The summed E-state index contributed by atoms with van der Waals surface area (Å²) >= 11 is 0. The van der Waals surface area contributed by atoms with Crippen molar-refractivity contribution in [2.24, 2.45) is 0 Å². The van der Waals surface area contributed by atoms with Gasteiger partial charge in [-0.2, -0.15) is 0 Å². The second kappa shape index (κ2) is 12.9. The molecule has 7 aromatic carbocycles. The second-order valence-electron chi connectivity index (χ2n) is 23.5. The number of furan rings is 1. The summed E-state index contributed by atoms with van der Waals surface area (Å²) in [5.41, 5.74) is 25.4. The van der Waals surface area contributed by atoms with E-state index in [-0.39, 0.29) is 33.8 Å². The first-order chi connectivity index (χ1) is 30.7. The van der Waals surface area contributed by atoms with Crippen LogP contribution in [0, 0.1) is 13.8 Å². The van der Waals surface area contributed by atoms with Crippen LogP contribution in [0.2, 0.25) is 0 Å². The van der Waals surface area contributed by atoms with Crippen LogP contribution in [-0.4, -0.2) is 6.71 Å². The quantitative estimate of drug-likeness (QED) is 0.162. The number of anilines is 6. The lowest BCUT2D eigenvalue weighted by Crippen LogP contribution is -2.62. The SMILES string of the molecule is Cc1cc2c3c(c1)N(c1cccc4c1oc1ccccc14)c1cc4c(cc1B3c1cc(C(C)(C)C)ccc1N2c1cc2c(cc1C)C(C)(C)c1ccccc1C2(C)C)C(C)(C)CC4(C)C. The van der Waals surface area contributed by atoms with E-state index in [4.69, 9.17) is 4.42 Å². The molecule has 0 amide bonds. The molecule has 0 unspecified atom stereocenters. The molecule has 3 heterocycles. The van der Waals surface area contributed by atoms with Crippen molar-refractivity contribution >= 4 is 79.2 Å². The summed E-state index contributed by atoms with van der Waals surface area (Å²) in [5.74, 6) is 0. The van der Waals surface area contributed by atoms with Crippen LogP contribution in [0.25, 0.3) is 21.9 Å². The van der Waals surface area contributed by atoms with Gasteiger partial charge in [-0.05, 0) is 145 Å². The van der Waals surface area contributed by atoms with Crippen LogP contribution in [-0.2, 0) is 27.1 Å². The summed E-state index contributed by atoms with van der Waals surface area (Å²) in [4.78, 5) is 5.23. The van der Waals surface area contributed by atoms with Crippen LogP contribution in [0.1, 0.15) is 133 Å². The molecule has 65 heavy (non-hydrogen) atoms. The molecule has 0 atom stereocenters. The van der Waals surface area contributed by atoms with Crippen LogP contribution >= 0.6 is 0 Å². The summed E-state index contributed by atoms with van der Waals surface area (Å²) in [6, 6.07) is 47.0. The standard InChI is InChI=1S/C61H61BN2O/c1-35-27-52-55-53(28-35)64(49-23-18-20-39-38-19-14-17-24-54(38)65-56(39)49)51-32-43-42(58(6,7)34-59(43,8)9)31-47(51)62(55)46-30-37(57(3,4)5)25-26-48(46)63(52)50-33-45-44(29-36(50)2)60(10,11)40-21-15-16-22-41(40)61(45,12)13/h14-33H,34H2,1-13H3. The third-order valence-electron chi connectivity index (χ3n) is 16.4. The minimum absolute atomic E-state index is 0.0141. The van der Waals surface area contributed by atoms with Crippen molar-refractivity contribution in [3.63, 3.8) is 0 Å². The molecule has 1 aromatic heterocycles. The molecule has 4 aliphatic rings. The monoisotopic (exact) mass is 848 g/mol. The molecular formula is C61H61BN2O. The number of aryl methyl sites for hydroxylation is 2. The molecule has 2 aliphatic heterocycles. The van der Waals surface area contributed by atoms with E-state index in [1.165, 1.54) is 94.9 Å². The lowest BCUT2D eigenvalue weighted by Gasteiger charge is -2.47. The van der Waals surface area contributed by atoms with Gasteiger partial charge in [0.05, 0.1) is 5.69 Å². The Labute approximate surface area is 386 Å². The molecule has 0 saturated carbocycles. The molecule has 3 nitrogen and oxygen atoms in total. The smallest absolute Gasteiger partial charge is 0.252 e. The molecule has 12 rings (SSSR count). The van der Waals surface area contributed by atoms with Gasteiger partial charge >= 0.3 is 0 Å². The van der Waals surface area contributed by atoms with Crippen molar-refractivity contribution in [3.05, 3.63) is 171 Å². The highest BCUT2D eigenvalue weighted by Crippen LogP contribution is 2.55. The van der Waals surface area contributed by atoms with Gasteiger partial charge in [0.2, 0.25) is 0 Å². The first-order valence-corrected chi connectivity index (χ1v) is 23.9. The summed E-state index contributed by atoms with van der Waals surface area (Å²) in [6.07, 6.45) is 1.10. The minimum Gasteiger partial charge on any atom is -0.454 e. The molecule has 324 valence electrons. The van der Waals surface area contributed by atoms with E-state index in [0.29, 0.717) is 0 Å². The van der Waals surface area contributed by atoms with Gasteiger partial charge in [0, 0.05) is 50.0 Å². The van der Waals surface area contributed by atoms with Gasteiger partial charge in [-0.1, -0.05) is 155 Å². The molecular weight excluding hydrogens is 787 g/mol. The molecule has 0 bridgehead atoms. The van der Waals surface area contributed by atoms with Crippen LogP contribution in [0.4, 0.5) is 34.1 Å². The highest BCUT2D eigenvalue weighted by atomic mass is 16.3. The zero-order valence-electron chi connectivity index (χ0n) is 40.6. The molecule has 0 N–H and O–H groups in total. The Hall–Kier alpha value is -6.00. The fourth-order valence-electron chi connectivity index (χ4n) is 13.3. The fraction of sp³-hybridized carbons (Fsp3) is 0.311. The third-order valence-corrected chi connectivity index (χ3v) is 16.4. The van der Waals surface area contributed by atoms with Gasteiger partial charge < -0.3 is 14.2 Å². The Morgan fingerprint density at radius 1 is 0.492 bits per heavy atom. The maximum atomic E-state index is 6.94. The number of para-hydroxylation sites is 2. The minimum atomic E-state index is -0.185. The van der Waals surface area contributed by atoms with Gasteiger partial charge in [-0.25, -0.2) is 0 Å². The maximum absolute atomic E-state index is 6.94. The van der Waals surface area contributed by atoms with Gasteiger partial charge in [-0.3, -0.25) is 0 Å². The normalized spacial score (nSPS) is 18.0. The van der Waals surface area contributed by atoms with Gasteiger partial charge in [-0.15, -0.1) is 0 Å². The predicted molar refractivity (Wildman–Crippen MR) is 277 cm³/mol. The fourth-order valence-corrected chi connectivity index (χ4v) is 13.3. The predicted octanol–water partition coefficient (Wildman–Crippen LogP) is 14.5. The summed E-state index contributed by atoms with van der Waals surface area (Å²) in [7, 11) is 0. The Bertz CT molecular complexity index is 3390. The molecule has 8 aromatic rings. The van der Waals surface area contributed by atoms with E-state index >= 15 is 0 Å². The van der Waals surface area contributed by atoms with E-state index in [9.17, 15) is 0 Å². The van der Waals surface area contributed by atoms with Crippen LogP contribution in [0.3, 0.4) is 0 Å². The Morgan fingerprint density at radius 2 is 1.06 bits per heavy atom. The van der Waals surface area contributed by atoms with E-state index in [2.05, 4.69) is 221 Å². The van der Waals surface area contributed by atoms with E-state index < -0.39 is 0 Å². The van der Waals surface area contributed by atoms with Crippen molar-refractivity contribution in [2.45, 2.75) is 124 Å². The third kappa shape index (κ3) is 5.43. The zero-order chi connectivity index (χ0) is 45.5. The highest BCUT2D eigenvalue weighted by Gasteiger charge is 2.49. The summed E-state index contributed by atoms with van der Waals surface area (Å²) in [5, 5.41) is 2.29. The van der Waals surface area contributed by atoms with Gasteiger partial charge in [0.25, 0.3) is 6.71 Å². The number of fused-ring (bicyclic) bond motifs is 10. The first-order valence-electron chi connectivity index (χ1n) is 23.9. The van der Waals surface area contributed by atoms with Crippen molar-refractivity contribution in [1.29, 1.82) is 0 Å². The molecule has 0 fully saturated rings. The number of benzene rings is 7. The Balaban J connectivity index is 1.20. The van der Waals surface area contributed by atoms with Gasteiger partial charge in [0.15, 0.2) is 5.58 Å². The van der Waals surface area contributed by atoms with Crippen LogP contribution < -0.4 is 26.2 Å². The van der Waals surface area contributed by atoms with Crippen LogP contribution in [0.5, 0.6) is 0 Å². The van der Waals surface area contributed by atoms with Crippen molar-refractivity contribution in [2.75, 3.05) is 9.80 Å². The van der Waals surface area contributed by atoms with E-state index in [1.54, 1.807) is 0 Å². The largest absolute Gasteiger partial charge is 0.454 e. The number of hydrogen-bond acceptors (Lipinski definition) is 3.